The van der Waals surface area contributed by atoms with E-state index < -0.39 is 0 Å². The van der Waals surface area contributed by atoms with Gasteiger partial charge >= 0.3 is 0 Å². The minimum Gasteiger partial charge on any atom is -0.310 e. The second-order valence-corrected chi connectivity index (χ2v) is 16.1. The molecular weight excluding hydrogens is 749 g/mol. The topological polar surface area (TPSA) is 8.17 Å². The third-order valence-electron chi connectivity index (χ3n) is 12.5. The summed E-state index contributed by atoms with van der Waals surface area (Å²) >= 11 is 0. The second kappa shape index (κ2) is 14.8. The quantitative estimate of drug-likeness (QED) is 0.156. The van der Waals surface area contributed by atoms with E-state index in [1.54, 1.807) is 0 Å². The van der Waals surface area contributed by atoms with Gasteiger partial charge in [0.25, 0.3) is 0 Å². The number of rotatable bonds is 7. The first kappa shape index (κ1) is 35.7. The maximum atomic E-state index is 2.45. The highest BCUT2D eigenvalue weighted by Gasteiger charge is 2.21. The van der Waals surface area contributed by atoms with Gasteiger partial charge in [0.05, 0.1) is 11.0 Å². The van der Waals surface area contributed by atoms with Crippen molar-refractivity contribution < 1.29 is 0 Å². The molecule has 11 aromatic carbocycles. The van der Waals surface area contributed by atoms with Crippen LogP contribution in [0.2, 0.25) is 0 Å². The van der Waals surface area contributed by atoms with Crippen LogP contribution in [-0.2, 0) is 0 Å². The fourth-order valence-electron chi connectivity index (χ4n) is 9.61. The van der Waals surface area contributed by atoms with Crippen molar-refractivity contribution in [3.8, 4) is 39.1 Å². The smallest absolute Gasteiger partial charge is 0.0625 e. The van der Waals surface area contributed by atoms with Gasteiger partial charge in [-0.2, -0.15) is 0 Å². The monoisotopic (exact) mass is 788 g/mol. The van der Waals surface area contributed by atoms with E-state index in [1.165, 1.54) is 87.5 Å². The lowest BCUT2D eigenvalue weighted by molar-refractivity contribution is 1.19. The van der Waals surface area contributed by atoms with Gasteiger partial charge in [-0.25, -0.2) is 0 Å². The molecule has 1 heterocycles. The zero-order chi connectivity index (χ0) is 41.0. The summed E-state index contributed by atoms with van der Waals surface area (Å²) in [7, 11) is 0. The molecule has 0 saturated heterocycles. The van der Waals surface area contributed by atoms with E-state index in [-0.39, 0.29) is 0 Å². The van der Waals surface area contributed by atoms with Crippen molar-refractivity contribution in [1.29, 1.82) is 0 Å². The zero-order valence-corrected chi connectivity index (χ0v) is 34.0. The van der Waals surface area contributed by atoms with Crippen molar-refractivity contribution in [2.45, 2.75) is 0 Å². The Kier molecular flexibility index (Phi) is 8.53. The van der Waals surface area contributed by atoms with Crippen LogP contribution in [0.3, 0.4) is 0 Å². The van der Waals surface area contributed by atoms with Gasteiger partial charge in [0.1, 0.15) is 0 Å². The highest BCUT2D eigenvalue weighted by Crippen LogP contribution is 2.45. The van der Waals surface area contributed by atoms with Crippen molar-refractivity contribution in [1.82, 2.24) is 4.57 Å². The van der Waals surface area contributed by atoms with E-state index >= 15 is 0 Å². The number of para-hydroxylation sites is 2. The molecule has 0 radical (unpaired) electrons. The summed E-state index contributed by atoms with van der Waals surface area (Å²) in [5.74, 6) is 0. The highest BCUT2D eigenvalue weighted by atomic mass is 15.1. The Morgan fingerprint density at radius 3 is 1.68 bits per heavy atom. The molecule has 62 heavy (non-hydrogen) atoms. The molecule has 12 rings (SSSR count). The average Bonchev–Trinajstić information content (AvgIpc) is 3.70. The maximum absolute atomic E-state index is 2.45. The second-order valence-electron chi connectivity index (χ2n) is 16.1. The molecule has 0 amide bonds. The molecule has 2 heteroatoms. The lowest BCUT2D eigenvalue weighted by atomic mass is 9.94. The molecule has 2 nitrogen and oxygen atoms in total. The number of anilines is 3. The molecular formula is C60H40N2. The van der Waals surface area contributed by atoms with Crippen LogP contribution in [0.1, 0.15) is 0 Å². The molecule has 0 aliphatic heterocycles. The Labute approximate surface area is 360 Å². The molecule has 0 spiro atoms. The molecule has 1 aromatic heterocycles. The van der Waals surface area contributed by atoms with Crippen molar-refractivity contribution >= 4 is 71.2 Å². The summed E-state index contributed by atoms with van der Waals surface area (Å²) < 4.78 is 2.45. The Balaban J connectivity index is 1.04. The van der Waals surface area contributed by atoms with Gasteiger partial charge in [-0.3, -0.25) is 0 Å². The third-order valence-corrected chi connectivity index (χ3v) is 12.5. The van der Waals surface area contributed by atoms with Crippen LogP contribution in [0.4, 0.5) is 17.1 Å². The van der Waals surface area contributed by atoms with Crippen LogP contribution in [-0.4, -0.2) is 4.57 Å². The third kappa shape index (κ3) is 6.04. The molecule has 0 atom stereocenters. The van der Waals surface area contributed by atoms with Crippen molar-refractivity contribution in [3.05, 3.63) is 243 Å². The minimum absolute atomic E-state index is 1.09. The van der Waals surface area contributed by atoms with Crippen molar-refractivity contribution in [3.63, 3.8) is 0 Å². The Bertz CT molecular complexity index is 3610. The van der Waals surface area contributed by atoms with Crippen LogP contribution in [0.5, 0.6) is 0 Å². The van der Waals surface area contributed by atoms with Crippen LogP contribution in [0.15, 0.2) is 243 Å². The van der Waals surface area contributed by atoms with Gasteiger partial charge in [-0.1, -0.05) is 176 Å². The number of benzene rings is 11. The molecule has 12 aromatic rings. The standard InChI is InChI=1S/C60H40N2/c1-2-20-49(21-3-1)62-58-27-11-10-25-56(58)59-57(40-48-17-7-9-24-55(48)60(59)62)47-19-12-22-52(39-47)61(50-34-30-42(31-35-50)46-29-28-41-14-4-5-16-45(41)38-46)51-36-32-44(33-37-51)54-26-13-18-43-15-6-8-23-53(43)54/h1-40H. The SMILES string of the molecule is c1ccc(-n2c3ccccc3c3c(-c4cccc(N(c5ccc(-c6ccc7ccccc7c6)cc5)c5ccc(-c6cccc7ccccc67)cc5)c4)cc4ccccc4c32)cc1. The molecule has 0 bridgehead atoms. The number of hydrogen-bond donors (Lipinski definition) is 0. The zero-order valence-electron chi connectivity index (χ0n) is 34.0. The lowest BCUT2D eigenvalue weighted by Crippen LogP contribution is -2.10. The largest absolute Gasteiger partial charge is 0.310 e. The Hall–Kier alpha value is -8.20. The summed E-state index contributed by atoms with van der Waals surface area (Å²) in [5.41, 5.74) is 14.0. The number of fused-ring (bicyclic) bond motifs is 7. The normalized spacial score (nSPS) is 11.5. The van der Waals surface area contributed by atoms with Crippen LogP contribution in [0.25, 0.3) is 93.2 Å². The summed E-state index contributed by atoms with van der Waals surface area (Å²) in [6.07, 6.45) is 0. The number of hydrogen-bond acceptors (Lipinski definition) is 1. The fraction of sp³-hybridized carbons (Fsp3) is 0. The van der Waals surface area contributed by atoms with Crippen molar-refractivity contribution in [2.75, 3.05) is 4.90 Å². The lowest BCUT2D eigenvalue weighted by Gasteiger charge is -2.26. The van der Waals surface area contributed by atoms with E-state index in [9.17, 15) is 0 Å². The molecule has 0 saturated carbocycles. The number of nitrogens with zero attached hydrogens (tertiary/aromatic N) is 2. The molecule has 0 fully saturated rings. The maximum Gasteiger partial charge on any atom is 0.0625 e. The molecule has 0 N–H and O–H groups in total. The van der Waals surface area contributed by atoms with Gasteiger partial charge < -0.3 is 9.47 Å². The van der Waals surface area contributed by atoms with Crippen LogP contribution in [0, 0.1) is 0 Å². The first-order chi connectivity index (χ1) is 30.7. The van der Waals surface area contributed by atoms with Gasteiger partial charge in [0, 0.05) is 38.9 Å². The summed E-state index contributed by atoms with van der Waals surface area (Å²) in [6, 6.07) is 88.5. The van der Waals surface area contributed by atoms with E-state index in [1.807, 2.05) is 0 Å². The highest BCUT2D eigenvalue weighted by molar-refractivity contribution is 6.24. The molecule has 0 unspecified atom stereocenters. The Morgan fingerprint density at radius 1 is 0.290 bits per heavy atom. The van der Waals surface area contributed by atoms with E-state index in [0.717, 1.165) is 22.7 Å². The van der Waals surface area contributed by atoms with E-state index in [2.05, 4.69) is 252 Å². The van der Waals surface area contributed by atoms with E-state index in [0.29, 0.717) is 0 Å². The van der Waals surface area contributed by atoms with Crippen LogP contribution < -0.4 is 4.90 Å². The fourth-order valence-corrected chi connectivity index (χ4v) is 9.61. The Morgan fingerprint density at radius 2 is 0.887 bits per heavy atom. The summed E-state index contributed by atoms with van der Waals surface area (Å²) in [5, 5.41) is 9.94. The van der Waals surface area contributed by atoms with Gasteiger partial charge in [0.15, 0.2) is 0 Å². The predicted molar refractivity (Wildman–Crippen MR) is 264 cm³/mol. The molecule has 0 aliphatic carbocycles. The average molecular weight is 789 g/mol. The first-order valence-electron chi connectivity index (χ1n) is 21.3. The summed E-state index contributed by atoms with van der Waals surface area (Å²) in [4.78, 5) is 2.39. The number of aromatic nitrogens is 1. The van der Waals surface area contributed by atoms with Gasteiger partial charge in [-0.05, 0) is 127 Å². The predicted octanol–water partition coefficient (Wildman–Crippen LogP) is 16.7. The molecule has 0 aliphatic rings. The van der Waals surface area contributed by atoms with Crippen molar-refractivity contribution in [2.24, 2.45) is 0 Å². The first-order valence-corrected chi connectivity index (χ1v) is 21.3. The van der Waals surface area contributed by atoms with E-state index in [4.69, 9.17) is 0 Å². The molecule has 290 valence electrons. The minimum atomic E-state index is 1.09. The van der Waals surface area contributed by atoms with Crippen LogP contribution >= 0.6 is 0 Å². The van der Waals surface area contributed by atoms with Gasteiger partial charge in [-0.15, -0.1) is 0 Å². The van der Waals surface area contributed by atoms with Gasteiger partial charge in [0.2, 0.25) is 0 Å². The summed E-state index contributed by atoms with van der Waals surface area (Å²) in [6.45, 7) is 0.